The zero-order valence-electron chi connectivity index (χ0n) is 9.95. The fourth-order valence-electron chi connectivity index (χ4n) is 3.42. The van der Waals surface area contributed by atoms with Crippen LogP contribution in [0.2, 0.25) is 0 Å². The van der Waals surface area contributed by atoms with Crippen molar-refractivity contribution in [2.45, 2.75) is 43.9 Å². The number of H-pyrrole nitrogens is 1. The van der Waals surface area contributed by atoms with Gasteiger partial charge in [-0.2, -0.15) is 0 Å². The highest BCUT2D eigenvalue weighted by Crippen LogP contribution is 2.56. The predicted molar refractivity (Wildman–Crippen MR) is 62.5 cm³/mol. The monoisotopic (exact) mass is 237 g/mol. The van der Waals surface area contributed by atoms with E-state index in [2.05, 4.69) is 14.7 Å². The quantitative estimate of drug-likeness (QED) is 0.823. The molecule has 2 unspecified atom stereocenters. The number of aromatic amines is 1. The summed E-state index contributed by atoms with van der Waals surface area (Å²) >= 11 is 0. The second-order valence-corrected chi connectivity index (χ2v) is 5.59. The topological polar surface area (TPSA) is 84.9 Å². The van der Waals surface area contributed by atoms with Crippen LogP contribution in [-0.2, 0) is 5.41 Å². The van der Waals surface area contributed by atoms with E-state index in [9.17, 15) is 4.79 Å². The molecule has 3 rings (SSSR count). The fourth-order valence-corrected chi connectivity index (χ4v) is 3.42. The highest BCUT2D eigenvalue weighted by molar-refractivity contribution is 5.22. The van der Waals surface area contributed by atoms with Crippen molar-refractivity contribution < 1.29 is 4.52 Å². The summed E-state index contributed by atoms with van der Waals surface area (Å²) in [7, 11) is 0. The van der Waals surface area contributed by atoms with E-state index < -0.39 is 5.76 Å². The van der Waals surface area contributed by atoms with Gasteiger partial charge in [-0.1, -0.05) is 30.8 Å². The van der Waals surface area contributed by atoms with E-state index in [1.807, 2.05) is 0 Å². The number of nitrogens with one attached hydrogen (secondary N) is 1. The summed E-state index contributed by atoms with van der Waals surface area (Å²) in [4.78, 5) is 13.7. The Morgan fingerprint density at radius 3 is 2.82 bits per heavy atom. The average molecular weight is 237 g/mol. The van der Waals surface area contributed by atoms with Gasteiger partial charge in [-0.05, 0) is 24.7 Å². The Balaban J connectivity index is 1.71. The van der Waals surface area contributed by atoms with Gasteiger partial charge in [0.25, 0.3) is 0 Å². The molecule has 5 heteroatoms. The van der Waals surface area contributed by atoms with Gasteiger partial charge in [0.15, 0.2) is 5.82 Å². The van der Waals surface area contributed by atoms with Crippen molar-refractivity contribution in [2.75, 3.05) is 6.54 Å². The molecule has 0 saturated heterocycles. The van der Waals surface area contributed by atoms with Crippen molar-refractivity contribution in [3.8, 4) is 0 Å². The summed E-state index contributed by atoms with van der Waals surface area (Å²) < 4.78 is 4.59. The third-order valence-electron chi connectivity index (χ3n) is 4.60. The van der Waals surface area contributed by atoms with E-state index in [1.165, 1.54) is 32.1 Å². The molecule has 94 valence electrons. The molecule has 0 aromatic carbocycles. The van der Waals surface area contributed by atoms with Crippen LogP contribution in [0.25, 0.3) is 0 Å². The molecule has 0 bridgehead atoms. The molecule has 0 aliphatic heterocycles. The van der Waals surface area contributed by atoms with Crippen LogP contribution in [0.4, 0.5) is 0 Å². The van der Waals surface area contributed by atoms with E-state index >= 15 is 0 Å². The van der Waals surface area contributed by atoms with Crippen molar-refractivity contribution in [1.29, 1.82) is 0 Å². The average Bonchev–Trinajstić information content (AvgIpc) is 2.72. The normalized spacial score (nSPS) is 33.1. The first-order valence-electron chi connectivity index (χ1n) is 6.51. The van der Waals surface area contributed by atoms with Crippen molar-refractivity contribution in [2.24, 2.45) is 17.6 Å². The first kappa shape index (κ1) is 11.0. The number of nitrogens with two attached hydrogens (primary N) is 1. The van der Waals surface area contributed by atoms with Gasteiger partial charge in [0, 0.05) is 12.0 Å². The Hall–Kier alpha value is -1.10. The molecule has 2 aliphatic rings. The van der Waals surface area contributed by atoms with E-state index in [1.54, 1.807) is 0 Å². The first-order chi connectivity index (χ1) is 8.24. The molecular weight excluding hydrogens is 218 g/mol. The molecule has 1 heterocycles. The van der Waals surface area contributed by atoms with Crippen molar-refractivity contribution in [3.05, 3.63) is 16.4 Å². The third-order valence-corrected chi connectivity index (χ3v) is 4.60. The Kier molecular flexibility index (Phi) is 2.58. The second kappa shape index (κ2) is 3.98. The zero-order chi connectivity index (χ0) is 11.9. The minimum atomic E-state index is -0.473. The van der Waals surface area contributed by atoms with Crippen LogP contribution in [0.3, 0.4) is 0 Å². The van der Waals surface area contributed by atoms with E-state index in [4.69, 9.17) is 5.73 Å². The molecule has 0 radical (unpaired) electrons. The lowest BCUT2D eigenvalue weighted by molar-refractivity contribution is 0.369. The van der Waals surface area contributed by atoms with Gasteiger partial charge in [0.05, 0.1) is 0 Å². The molecular formula is C12H19N3O2. The van der Waals surface area contributed by atoms with E-state index in [-0.39, 0.29) is 5.41 Å². The molecule has 5 nitrogen and oxygen atoms in total. The Morgan fingerprint density at radius 1 is 1.47 bits per heavy atom. The summed E-state index contributed by atoms with van der Waals surface area (Å²) in [5.74, 6) is 1.62. The van der Waals surface area contributed by atoms with Crippen molar-refractivity contribution in [3.63, 3.8) is 0 Å². The summed E-state index contributed by atoms with van der Waals surface area (Å²) in [5, 5.41) is 3.82. The summed E-state index contributed by atoms with van der Waals surface area (Å²) in [6, 6.07) is 0. The summed E-state index contributed by atoms with van der Waals surface area (Å²) in [6.07, 6.45) is 7.72. The number of hydrogen-bond donors (Lipinski definition) is 2. The maximum absolute atomic E-state index is 11.0. The lowest BCUT2D eigenvalue weighted by Crippen LogP contribution is -2.25. The van der Waals surface area contributed by atoms with Crippen LogP contribution >= 0.6 is 0 Å². The van der Waals surface area contributed by atoms with Gasteiger partial charge < -0.3 is 5.73 Å². The molecule has 0 amide bonds. The highest BCUT2D eigenvalue weighted by atomic mass is 16.5. The van der Waals surface area contributed by atoms with Crippen LogP contribution in [0.5, 0.6) is 0 Å². The van der Waals surface area contributed by atoms with Crippen LogP contribution in [0, 0.1) is 11.8 Å². The lowest BCUT2D eigenvalue weighted by Gasteiger charge is -2.13. The van der Waals surface area contributed by atoms with Gasteiger partial charge in [-0.25, -0.2) is 4.79 Å². The van der Waals surface area contributed by atoms with Crippen LogP contribution in [-0.4, -0.2) is 16.7 Å². The molecule has 1 aromatic heterocycles. The Morgan fingerprint density at radius 2 is 2.24 bits per heavy atom. The molecule has 1 aromatic rings. The van der Waals surface area contributed by atoms with Crippen LogP contribution in [0.1, 0.15) is 44.3 Å². The van der Waals surface area contributed by atoms with Gasteiger partial charge in [-0.15, -0.1) is 0 Å². The highest BCUT2D eigenvalue weighted by Gasteiger charge is 2.57. The molecule has 2 aliphatic carbocycles. The van der Waals surface area contributed by atoms with E-state index in [0.717, 1.165) is 12.3 Å². The van der Waals surface area contributed by atoms with Crippen molar-refractivity contribution >= 4 is 0 Å². The Labute approximate surface area is 99.8 Å². The first-order valence-corrected chi connectivity index (χ1v) is 6.51. The minimum Gasteiger partial charge on any atom is -0.329 e. The lowest BCUT2D eigenvalue weighted by atomic mass is 9.94. The third kappa shape index (κ3) is 1.82. The summed E-state index contributed by atoms with van der Waals surface area (Å²) in [6.45, 7) is 0.548. The molecule has 2 atom stereocenters. The molecule has 2 fully saturated rings. The second-order valence-electron chi connectivity index (χ2n) is 5.59. The number of aromatic nitrogens is 2. The number of hydrogen-bond acceptors (Lipinski definition) is 4. The SMILES string of the molecule is NCC1(c2noc(=O)[nH]2)CC1CC1CCCC1. The smallest absolute Gasteiger partial charge is 0.329 e. The Bertz CT molecular complexity index is 447. The van der Waals surface area contributed by atoms with Gasteiger partial charge >= 0.3 is 5.76 Å². The zero-order valence-corrected chi connectivity index (χ0v) is 9.95. The van der Waals surface area contributed by atoms with Crippen LogP contribution < -0.4 is 11.5 Å². The predicted octanol–water partition coefficient (Wildman–Crippen LogP) is 1.16. The van der Waals surface area contributed by atoms with E-state index in [0.29, 0.717) is 18.3 Å². The standard InChI is InChI=1S/C12H19N3O2/c13-7-12(10-14-11(16)17-15-10)6-9(12)5-8-3-1-2-4-8/h8-9H,1-7,13H2,(H,14,15,16). The molecule has 3 N–H and O–H groups in total. The molecule has 2 saturated carbocycles. The van der Waals surface area contributed by atoms with Gasteiger partial charge in [-0.3, -0.25) is 9.51 Å². The minimum absolute atomic E-state index is 0.102. The molecule has 17 heavy (non-hydrogen) atoms. The van der Waals surface area contributed by atoms with Crippen molar-refractivity contribution in [1.82, 2.24) is 10.1 Å². The maximum Gasteiger partial charge on any atom is 0.438 e. The largest absolute Gasteiger partial charge is 0.438 e. The number of rotatable bonds is 4. The van der Waals surface area contributed by atoms with Gasteiger partial charge in [0.1, 0.15) is 0 Å². The summed E-state index contributed by atoms with van der Waals surface area (Å²) in [5.41, 5.74) is 5.77. The maximum atomic E-state index is 11.0. The molecule has 0 spiro atoms. The van der Waals surface area contributed by atoms with Gasteiger partial charge in [0.2, 0.25) is 0 Å². The van der Waals surface area contributed by atoms with Crippen LogP contribution in [0.15, 0.2) is 9.32 Å². The fraction of sp³-hybridized carbons (Fsp3) is 0.833. The number of nitrogens with zero attached hydrogens (tertiary/aromatic N) is 1.